The molecule has 8 nitrogen and oxygen atoms in total. The molecule has 0 aromatic heterocycles. The van der Waals surface area contributed by atoms with E-state index in [9.17, 15) is 14.0 Å². The van der Waals surface area contributed by atoms with Crippen LogP contribution in [0.4, 0.5) is 0 Å². The summed E-state index contributed by atoms with van der Waals surface area (Å²) < 4.78 is 60.5. The fourth-order valence-electron chi connectivity index (χ4n) is 3.18. The van der Waals surface area contributed by atoms with E-state index in [-0.39, 0.29) is 0 Å². The van der Waals surface area contributed by atoms with Crippen LogP contribution in [0.15, 0.2) is 36.4 Å². The highest BCUT2D eigenvalue weighted by Crippen LogP contribution is 2.46. The molecule has 9 heteroatoms. The van der Waals surface area contributed by atoms with Crippen LogP contribution < -0.4 is 32.9 Å². The number of rotatable bonds is 7. The van der Waals surface area contributed by atoms with Gasteiger partial charge >= 0.3 is 6.29 Å². The highest BCUT2D eigenvalue weighted by Gasteiger charge is 2.40. The van der Waals surface area contributed by atoms with E-state index in [2.05, 4.69) is 0 Å². The average molecular weight is 425 g/mol. The standard InChI is InChI=1S/C20H21ClO8/c1-5-27-14-8-6-7-13(9-14)19-12(2)15-10-17(25-3)18(26-4)11-16(15)28-20(19)29-21(22,23)24/h6-11,20H,5H2,1-4H3. The van der Waals surface area contributed by atoms with Gasteiger partial charge in [-0.2, -0.15) is 14.0 Å². The quantitative estimate of drug-likeness (QED) is 0.636. The Kier molecular flexibility index (Phi) is 6.21. The van der Waals surface area contributed by atoms with Crippen molar-refractivity contribution >= 4 is 11.1 Å². The van der Waals surface area contributed by atoms with Crippen molar-refractivity contribution in [3.8, 4) is 23.0 Å². The lowest BCUT2D eigenvalue weighted by Gasteiger charge is -2.28. The molecule has 0 aliphatic carbocycles. The van der Waals surface area contributed by atoms with Crippen molar-refractivity contribution in [2.45, 2.75) is 20.1 Å². The van der Waals surface area contributed by atoms with E-state index in [1.165, 1.54) is 14.2 Å². The van der Waals surface area contributed by atoms with Crippen LogP contribution in [0, 0.1) is 10.2 Å². The van der Waals surface area contributed by atoms with Gasteiger partial charge < -0.3 is 18.9 Å². The molecule has 1 atom stereocenters. The molecule has 0 spiro atoms. The molecule has 1 aliphatic heterocycles. The number of halogens is 1. The fourth-order valence-corrected chi connectivity index (χ4v) is 3.51. The first-order valence-corrected chi connectivity index (χ1v) is 9.97. The molecular weight excluding hydrogens is 404 g/mol. The van der Waals surface area contributed by atoms with Gasteiger partial charge in [-0.15, -0.1) is 0 Å². The van der Waals surface area contributed by atoms with E-state index in [0.717, 1.165) is 0 Å². The van der Waals surface area contributed by atoms with Gasteiger partial charge in [-0.05, 0) is 43.2 Å². The summed E-state index contributed by atoms with van der Waals surface area (Å²) in [5.41, 5.74) is 2.29. The Morgan fingerprint density at radius 2 is 1.72 bits per heavy atom. The first kappa shape index (κ1) is 21.2. The largest absolute Gasteiger partial charge is 0.494 e. The van der Waals surface area contributed by atoms with Crippen molar-refractivity contribution in [3.05, 3.63) is 47.5 Å². The zero-order valence-electron chi connectivity index (χ0n) is 16.4. The number of fused-ring (bicyclic) bond motifs is 1. The maximum absolute atomic E-state index is 11.3. The van der Waals surface area contributed by atoms with Crippen molar-refractivity contribution in [2.24, 2.45) is 0 Å². The Morgan fingerprint density at radius 1 is 1.03 bits per heavy atom. The SMILES string of the molecule is CCOc1cccc(C2=C(C)c3cc(OC)c(OC)cc3OC2O[Cl+3]([O-])([O-])[O-])c1. The van der Waals surface area contributed by atoms with Crippen LogP contribution in [0.3, 0.4) is 0 Å². The average Bonchev–Trinajstić information content (AvgIpc) is 2.66. The third kappa shape index (κ3) is 4.58. The minimum absolute atomic E-state index is 0.300. The second kappa shape index (κ2) is 8.48. The van der Waals surface area contributed by atoms with E-state index in [0.29, 0.717) is 51.9 Å². The Hall–Kier alpha value is -2.49. The number of methoxy groups -OCH3 is 2. The number of allylic oxidation sites excluding steroid dienone is 1. The number of benzene rings is 2. The van der Waals surface area contributed by atoms with E-state index in [1.807, 2.05) is 6.92 Å². The van der Waals surface area contributed by atoms with Gasteiger partial charge in [0, 0.05) is 17.2 Å². The van der Waals surface area contributed by atoms with Gasteiger partial charge in [0.25, 0.3) is 0 Å². The van der Waals surface area contributed by atoms with Crippen molar-refractivity contribution in [1.29, 1.82) is 0 Å². The molecule has 1 aliphatic rings. The van der Waals surface area contributed by atoms with E-state index < -0.39 is 16.5 Å². The van der Waals surface area contributed by atoms with Gasteiger partial charge in [-0.25, -0.2) is 0 Å². The molecule has 0 N–H and O–H groups in total. The summed E-state index contributed by atoms with van der Waals surface area (Å²) >= 11 is 0. The fraction of sp³-hybridized carbons (Fsp3) is 0.300. The molecule has 0 bridgehead atoms. The zero-order valence-corrected chi connectivity index (χ0v) is 17.1. The lowest BCUT2D eigenvalue weighted by Crippen LogP contribution is -2.63. The minimum Gasteiger partial charge on any atom is -0.494 e. The topological polar surface area (TPSA) is 115 Å². The summed E-state index contributed by atoms with van der Waals surface area (Å²) in [6.45, 7) is 4.09. The van der Waals surface area contributed by atoms with Crippen LogP contribution >= 0.6 is 0 Å². The number of hydrogen-bond acceptors (Lipinski definition) is 8. The van der Waals surface area contributed by atoms with E-state index in [1.54, 1.807) is 43.3 Å². The maximum Gasteiger partial charge on any atom is 0.379 e. The number of ether oxygens (including phenoxy) is 4. The molecule has 0 radical (unpaired) electrons. The number of hydrogen-bond donors (Lipinski definition) is 0. The maximum atomic E-state index is 11.3. The predicted molar refractivity (Wildman–Crippen MR) is 95.1 cm³/mol. The second-order valence-corrected chi connectivity index (χ2v) is 7.05. The van der Waals surface area contributed by atoms with E-state index >= 15 is 0 Å². The monoisotopic (exact) mass is 424 g/mol. The molecule has 29 heavy (non-hydrogen) atoms. The Bertz CT molecular complexity index is 919. The smallest absolute Gasteiger partial charge is 0.379 e. The zero-order chi connectivity index (χ0) is 21.2. The van der Waals surface area contributed by atoms with Crippen LogP contribution in [-0.4, -0.2) is 27.1 Å². The summed E-state index contributed by atoms with van der Waals surface area (Å²) in [4.78, 5) is 0. The second-order valence-electron chi connectivity index (χ2n) is 6.12. The van der Waals surface area contributed by atoms with Crippen LogP contribution in [0.1, 0.15) is 25.0 Å². The molecule has 3 rings (SSSR count). The van der Waals surface area contributed by atoms with Gasteiger partial charge in [0.1, 0.15) is 15.8 Å². The molecule has 1 heterocycles. The molecule has 0 fully saturated rings. The van der Waals surface area contributed by atoms with Gasteiger partial charge in [0.2, 0.25) is 0 Å². The third-order valence-corrected chi connectivity index (χ3v) is 4.79. The van der Waals surface area contributed by atoms with Gasteiger partial charge in [-0.1, -0.05) is 12.1 Å². The molecule has 156 valence electrons. The summed E-state index contributed by atoms with van der Waals surface area (Å²) in [6.07, 6.45) is -1.47. The highest BCUT2D eigenvalue weighted by molar-refractivity contribution is 5.95. The van der Waals surface area contributed by atoms with Crippen molar-refractivity contribution in [2.75, 3.05) is 20.8 Å². The summed E-state index contributed by atoms with van der Waals surface area (Å²) in [7, 11) is -1.76. The summed E-state index contributed by atoms with van der Waals surface area (Å²) in [5.74, 6) is 1.76. The highest BCUT2D eigenvalue weighted by atomic mass is 35.7. The Morgan fingerprint density at radius 3 is 2.34 bits per heavy atom. The molecule has 0 saturated carbocycles. The molecule has 0 saturated heterocycles. The van der Waals surface area contributed by atoms with Gasteiger partial charge in [0.05, 0.1) is 31.1 Å². The third-order valence-electron chi connectivity index (χ3n) is 4.41. The molecule has 2 aromatic carbocycles. The lowest BCUT2D eigenvalue weighted by atomic mass is 9.92. The molecule has 2 aromatic rings. The molecule has 1 unspecified atom stereocenters. The first-order chi connectivity index (χ1) is 13.8. The van der Waals surface area contributed by atoms with Crippen molar-refractivity contribution in [3.63, 3.8) is 0 Å². The normalized spacial score (nSPS) is 16.2. The molecular formula is C20H21ClO8. The predicted octanol–water partition coefficient (Wildman–Crippen LogP) is 0.666. The van der Waals surface area contributed by atoms with Crippen molar-refractivity contribution < 1.29 is 47.5 Å². The summed E-state index contributed by atoms with van der Waals surface area (Å²) in [5, 5.41) is 0. The van der Waals surface area contributed by atoms with Gasteiger partial charge in [-0.3, -0.25) is 0 Å². The van der Waals surface area contributed by atoms with Gasteiger partial charge in [0.15, 0.2) is 11.5 Å². The molecule has 0 amide bonds. The van der Waals surface area contributed by atoms with Crippen LogP contribution in [0.25, 0.3) is 11.1 Å². The van der Waals surface area contributed by atoms with Crippen LogP contribution in [-0.2, 0) is 4.29 Å². The van der Waals surface area contributed by atoms with Crippen LogP contribution in [0.2, 0.25) is 0 Å². The van der Waals surface area contributed by atoms with E-state index in [4.69, 9.17) is 23.2 Å². The Labute approximate surface area is 170 Å². The van der Waals surface area contributed by atoms with Crippen molar-refractivity contribution in [1.82, 2.24) is 0 Å². The summed E-state index contributed by atoms with van der Waals surface area (Å²) in [6, 6.07) is 10.3. The lowest BCUT2D eigenvalue weighted by molar-refractivity contribution is -1.92. The minimum atomic E-state index is -4.74. The first-order valence-electron chi connectivity index (χ1n) is 8.73. The Balaban J connectivity index is 2.18. The van der Waals surface area contributed by atoms with Crippen LogP contribution in [0.5, 0.6) is 23.0 Å².